The predicted molar refractivity (Wildman–Crippen MR) is 113 cm³/mol. The van der Waals surface area contributed by atoms with Crippen molar-refractivity contribution in [1.82, 2.24) is 9.88 Å². The third kappa shape index (κ3) is 3.94. The van der Waals surface area contributed by atoms with Crippen LogP contribution in [0.5, 0.6) is 0 Å². The number of carbonyl (C=O) groups is 1. The summed E-state index contributed by atoms with van der Waals surface area (Å²) < 4.78 is 28.1. The summed E-state index contributed by atoms with van der Waals surface area (Å²) >= 11 is 0. The van der Waals surface area contributed by atoms with Crippen molar-refractivity contribution < 1.29 is 13.2 Å². The van der Waals surface area contributed by atoms with Crippen LogP contribution in [0.4, 0.5) is 0 Å². The maximum absolute atomic E-state index is 13.2. The standard InChI is InChI=1S/C23H26N2O3S/c1-17-9-5-7-13-20(17)24-23(26)16-25-15-22(19-12-6-8-14-21(19)25)29(27,28)18-10-3-2-4-11-18/h2-4,6,8,10-12,14-15,17,20H,5,7,9,13,16H2,1H3,(H,24,26). The summed E-state index contributed by atoms with van der Waals surface area (Å²) in [4.78, 5) is 13.2. The van der Waals surface area contributed by atoms with Gasteiger partial charge in [-0.15, -0.1) is 0 Å². The van der Waals surface area contributed by atoms with Crippen molar-refractivity contribution in [2.24, 2.45) is 5.92 Å². The molecule has 4 rings (SSSR count). The van der Waals surface area contributed by atoms with Gasteiger partial charge in [-0.2, -0.15) is 0 Å². The molecule has 1 amide bonds. The highest BCUT2D eigenvalue weighted by Gasteiger charge is 2.25. The lowest BCUT2D eigenvalue weighted by atomic mass is 9.86. The molecule has 0 bridgehead atoms. The van der Waals surface area contributed by atoms with Crippen molar-refractivity contribution in [2.45, 2.75) is 55.0 Å². The summed E-state index contributed by atoms with van der Waals surface area (Å²) in [6.45, 7) is 2.29. The molecule has 1 saturated carbocycles. The molecule has 3 aromatic rings. The summed E-state index contributed by atoms with van der Waals surface area (Å²) in [5.74, 6) is 0.399. The van der Waals surface area contributed by atoms with Gasteiger partial charge in [0.1, 0.15) is 6.54 Å². The Hall–Kier alpha value is -2.60. The number of amides is 1. The summed E-state index contributed by atoms with van der Waals surface area (Å²) in [7, 11) is -3.67. The quantitative estimate of drug-likeness (QED) is 0.686. The molecule has 1 aromatic heterocycles. The van der Waals surface area contributed by atoms with Crippen LogP contribution < -0.4 is 5.32 Å². The Bertz CT molecular complexity index is 1120. The van der Waals surface area contributed by atoms with E-state index in [1.165, 1.54) is 6.42 Å². The number of carbonyl (C=O) groups excluding carboxylic acids is 1. The van der Waals surface area contributed by atoms with Crippen LogP contribution in [-0.4, -0.2) is 24.9 Å². The summed E-state index contributed by atoms with van der Waals surface area (Å²) in [6.07, 6.45) is 6.10. The monoisotopic (exact) mass is 410 g/mol. The smallest absolute Gasteiger partial charge is 0.240 e. The number of hydrogen-bond acceptors (Lipinski definition) is 3. The molecule has 0 spiro atoms. The van der Waals surface area contributed by atoms with Crippen molar-refractivity contribution in [3.63, 3.8) is 0 Å². The van der Waals surface area contributed by atoms with Crippen LogP contribution in [0.25, 0.3) is 10.9 Å². The molecule has 152 valence electrons. The molecular formula is C23H26N2O3S. The lowest BCUT2D eigenvalue weighted by Crippen LogP contribution is -2.42. The molecule has 0 aliphatic heterocycles. The zero-order valence-electron chi connectivity index (χ0n) is 16.5. The van der Waals surface area contributed by atoms with Crippen molar-refractivity contribution in [1.29, 1.82) is 0 Å². The van der Waals surface area contributed by atoms with Crippen LogP contribution in [0.3, 0.4) is 0 Å². The fraction of sp³-hybridized carbons (Fsp3) is 0.348. The third-order valence-corrected chi connectivity index (χ3v) is 7.66. The lowest BCUT2D eigenvalue weighted by Gasteiger charge is -2.29. The van der Waals surface area contributed by atoms with Gasteiger partial charge in [0.25, 0.3) is 0 Å². The highest BCUT2D eigenvalue weighted by Crippen LogP contribution is 2.30. The first-order valence-electron chi connectivity index (χ1n) is 10.1. The molecule has 29 heavy (non-hydrogen) atoms. The second kappa shape index (κ2) is 8.03. The van der Waals surface area contributed by atoms with Crippen molar-refractivity contribution >= 4 is 26.6 Å². The molecule has 1 N–H and O–H groups in total. The minimum atomic E-state index is -3.67. The molecule has 1 aliphatic rings. The molecular weight excluding hydrogens is 384 g/mol. The van der Waals surface area contributed by atoms with E-state index >= 15 is 0 Å². The predicted octanol–water partition coefficient (Wildman–Crippen LogP) is 4.17. The summed E-state index contributed by atoms with van der Waals surface area (Å²) in [5.41, 5.74) is 0.744. The van der Waals surface area contributed by atoms with Gasteiger partial charge in [-0.1, -0.05) is 56.2 Å². The number of aromatic nitrogens is 1. The molecule has 1 aliphatic carbocycles. The minimum absolute atomic E-state index is 0.0758. The lowest BCUT2D eigenvalue weighted by molar-refractivity contribution is -0.122. The summed E-state index contributed by atoms with van der Waals surface area (Å²) in [6, 6.07) is 15.9. The fourth-order valence-corrected chi connectivity index (χ4v) is 5.72. The Labute approximate surface area is 171 Å². The molecule has 6 heteroatoms. The number of benzene rings is 2. The average Bonchev–Trinajstić information content (AvgIpc) is 3.10. The number of fused-ring (bicyclic) bond motifs is 1. The Morgan fingerprint density at radius 2 is 1.72 bits per heavy atom. The first-order chi connectivity index (χ1) is 14.0. The van der Waals surface area contributed by atoms with Crippen LogP contribution in [0.1, 0.15) is 32.6 Å². The van der Waals surface area contributed by atoms with E-state index in [1.54, 1.807) is 47.2 Å². The maximum atomic E-state index is 13.2. The highest BCUT2D eigenvalue weighted by molar-refractivity contribution is 7.91. The van der Waals surface area contributed by atoms with E-state index in [-0.39, 0.29) is 28.3 Å². The number of sulfone groups is 1. The Balaban J connectivity index is 1.65. The number of rotatable bonds is 5. The molecule has 0 radical (unpaired) electrons. The van der Waals surface area contributed by atoms with Crippen LogP contribution in [0.2, 0.25) is 0 Å². The number of nitrogens with zero attached hydrogens (tertiary/aromatic N) is 1. The van der Waals surface area contributed by atoms with Crippen LogP contribution in [0, 0.1) is 5.92 Å². The van der Waals surface area contributed by atoms with Crippen LogP contribution in [0.15, 0.2) is 70.6 Å². The minimum Gasteiger partial charge on any atom is -0.352 e. The van der Waals surface area contributed by atoms with E-state index in [4.69, 9.17) is 0 Å². The molecule has 2 aromatic carbocycles. The Morgan fingerprint density at radius 3 is 2.48 bits per heavy atom. The molecule has 2 atom stereocenters. The van der Waals surface area contributed by atoms with Gasteiger partial charge in [-0.25, -0.2) is 8.42 Å². The van der Waals surface area contributed by atoms with Gasteiger partial charge in [-0.05, 0) is 37.0 Å². The second-order valence-corrected chi connectivity index (χ2v) is 9.81. The second-order valence-electron chi connectivity index (χ2n) is 7.89. The van der Waals surface area contributed by atoms with Gasteiger partial charge in [0.15, 0.2) is 0 Å². The largest absolute Gasteiger partial charge is 0.352 e. The van der Waals surface area contributed by atoms with Gasteiger partial charge in [-0.3, -0.25) is 4.79 Å². The van der Waals surface area contributed by atoms with E-state index in [0.29, 0.717) is 11.3 Å². The normalized spacial score (nSPS) is 19.9. The third-order valence-electron chi connectivity index (χ3n) is 5.87. The first-order valence-corrected chi connectivity index (χ1v) is 11.6. The maximum Gasteiger partial charge on any atom is 0.240 e. The zero-order chi connectivity index (χ0) is 20.4. The SMILES string of the molecule is CC1CCCCC1NC(=O)Cn1cc(S(=O)(=O)c2ccccc2)c2ccccc21. The summed E-state index contributed by atoms with van der Waals surface area (Å²) in [5, 5.41) is 3.79. The van der Waals surface area contributed by atoms with Gasteiger partial charge in [0.2, 0.25) is 15.7 Å². The number of para-hydroxylation sites is 1. The van der Waals surface area contributed by atoms with Gasteiger partial charge in [0, 0.05) is 23.1 Å². The van der Waals surface area contributed by atoms with Crippen molar-refractivity contribution in [3.05, 3.63) is 60.8 Å². The van der Waals surface area contributed by atoms with Crippen LogP contribution in [-0.2, 0) is 21.2 Å². The van der Waals surface area contributed by atoms with Crippen LogP contribution >= 0.6 is 0 Å². The van der Waals surface area contributed by atoms with E-state index in [2.05, 4.69) is 12.2 Å². The number of hydrogen-bond donors (Lipinski definition) is 1. The zero-order valence-corrected chi connectivity index (χ0v) is 17.4. The molecule has 1 heterocycles. The van der Waals surface area contributed by atoms with Crippen molar-refractivity contribution in [2.75, 3.05) is 0 Å². The average molecular weight is 411 g/mol. The van der Waals surface area contributed by atoms with E-state index in [9.17, 15) is 13.2 Å². The highest BCUT2D eigenvalue weighted by atomic mass is 32.2. The molecule has 1 fully saturated rings. The Morgan fingerprint density at radius 1 is 1.03 bits per heavy atom. The topological polar surface area (TPSA) is 68.2 Å². The fourth-order valence-electron chi connectivity index (χ4n) is 4.22. The van der Waals surface area contributed by atoms with E-state index in [0.717, 1.165) is 24.8 Å². The molecule has 2 unspecified atom stereocenters. The number of nitrogens with one attached hydrogen (secondary N) is 1. The van der Waals surface area contributed by atoms with Gasteiger partial charge in [0.05, 0.1) is 9.79 Å². The van der Waals surface area contributed by atoms with Gasteiger partial charge < -0.3 is 9.88 Å². The van der Waals surface area contributed by atoms with Gasteiger partial charge >= 0.3 is 0 Å². The van der Waals surface area contributed by atoms with E-state index < -0.39 is 9.84 Å². The van der Waals surface area contributed by atoms with E-state index in [1.807, 2.05) is 18.2 Å². The Kier molecular flexibility index (Phi) is 5.46. The molecule has 5 nitrogen and oxygen atoms in total. The van der Waals surface area contributed by atoms with Crippen molar-refractivity contribution in [3.8, 4) is 0 Å². The molecule has 0 saturated heterocycles. The first kappa shape index (κ1) is 19.7.